The molecular formula is C18H26F2O6. The first kappa shape index (κ1) is 18.5. The summed E-state index contributed by atoms with van der Waals surface area (Å²) < 4.78 is 47.5. The van der Waals surface area contributed by atoms with E-state index in [1.54, 1.807) is 0 Å². The van der Waals surface area contributed by atoms with Crippen LogP contribution in [-0.2, 0) is 23.7 Å². The van der Waals surface area contributed by atoms with E-state index in [1.165, 1.54) is 38.5 Å². The number of carboxylic acids is 1. The summed E-state index contributed by atoms with van der Waals surface area (Å²) in [7, 11) is 0. The average molecular weight is 376 g/mol. The summed E-state index contributed by atoms with van der Waals surface area (Å²) in [5.74, 6) is -1.39. The molecule has 1 aliphatic heterocycles. The Bertz CT molecular complexity index is 511. The number of aliphatic carboxylic acids is 1. The van der Waals surface area contributed by atoms with Crippen LogP contribution in [-0.4, -0.2) is 56.0 Å². The van der Waals surface area contributed by atoms with Crippen molar-refractivity contribution in [1.29, 1.82) is 0 Å². The molecular weight excluding hydrogens is 350 g/mol. The largest absolute Gasteiger partial charge is 0.475 e. The summed E-state index contributed by atoms with van der Waals surface area (Å²) in [6, 6.07) is 0. The molecule has 0 amide bonds. The zero-order valence-electron chi connectivity index (χ0n) is 14.8. The van der Waals surface area contributed by atoms with E-state index in [9.17, 15) is 13.6 Å². The van der Waals surface area contributed by atoms with Gasteiger partial charge in [0.05, 0.1) is 19.8 Å². The highest BCUT2D eigenvalue weighted by molar-refractivity contribution is 5.73. The van der Waals surface area contributed by atoms with Crippen molar-refractivity contribution in [2.45, 2.75) is 50.4 Å². The van der Waals surface area contributed by atoms with Crippen molar-refractivity contribution < 1.29 is 37.6 Å². The van der Waals surface area contributed by atoms with Crippen molar-refractivity contribution >= 4 is 5.97 Å². The second-order valence-corrected chi connectivity index (χ2v) is 8.63. The molecule has 1 N–H and O–H groups in total. The molecule has 0 radical (unpaired) electrons. The van der Waals surface area contributed by atoms with Gasteiger partial charge in [-0.1, -0.05) is 0 Å². The number of halogens is 2. The third kappa shape index (κ3) is 3.61. The van der Waals surface area contributed by atoms with Crippen LogP contribution in [0.1, 0.15) is 38.5 Å². The molecule has 5 fully saturated rings. The minimum atomic E-state index is -4.28. The van der Waals surface area contributed by atoms with E-state index >= 15 is 0 Å². The normalized spacial score (nSPS) is 38.0. The molecule has 0 aromatic heterocycles. The van der Waals surface area contributed by atoms with E-state index in [4.69, 9.17) is 19.3 Å². The molecule has 0 spiro atoms. The molecule has 0 unspecified atom stereocenters. The molecule has 4 saturated carbocycles. The number of ether oxygens (including phenoxy) is 4. The van der Waals surface area contributed by atoms with Gasteiger partial charge in [0.15, 0.2) is 0 Å². The first-order valence-corrected chi connectivity index (χ1v) is 9.41. The number of carbonyl (C=O) groups is 1. The van der Waals surface area contributed by atoms with Gasteiger partial charge in [-0.15, -0.1) is 0 Å². The Morgan fingerprint density at radius 3 is 2.04 bits per heavy atom. The van der Waals surface area contributed by atoms with E-state index in [1.807, 2.05) is 0 Å². The predicted molar refractivity (Wildman–Crippen MR) is 84.6 cm³/mol. The lowest BCUT2D eigenvalue weighted by Crippen LogP contribution is -2.50. The summed E-state index contributed by atoms with van der Waals surface area (Å²) in [5, 5.41) is 8.48. The SMILES string of the molecule is O=C(O)C(F)(F)OCC1(COCC23CC4CC(CC(C4)C2)C3)OCCO1. The van der Waals surface area contributed by atoms with Crippen LogP contribution in [0.25, 0.3) is 0 Å². The Hall–Kier alpha value is -0.830. The molecule has 5 rings (SSSR count). The summed E-state index contributed by atoms with van der Waals surface area (Å²) >= 11 is 0. The van der Waals surface area contributed by atoms with Gasteiger partial charge in [0.1, 0.15) is 13.2 Å². The van der Waals surface area contributed by atoms with Crippen LogP contribution in [0.5, 0.6) is 0 Å². The lowest BCUT2D eigenvalue weighted by atomic mass is 9.50. The summed E-state index contributed by atoms with van der Waals surface area (Å²) in [6.07, 6.45) is 3.29. The molecule has 1 saturated heterocycles. The van der Waals surface area contributed by atoms with Crippen LogP contribution in [0.3, 0.4) is 0 Å². The molecule has 26 heavy (non-hydrogen) atoms. The van der Waals surface area contributed by atoms with Crippen molar-refractivity contribution in [1.82, 2.24) is 0 Å². The van der Waals surface area contributed by atoms with Crippen molar-refractivity contribution in [3.63, 3.8) is 0 Å². The molecule has 148 valence electrons. The summed E-state index contributed by atoms with van der Waals surface area (Å²) in [4.78, 5) is 10.5. The third-order valence-corrected chi connectivity index (χ3v) is 6.43. The maximum absolute atomic E-state index is 13.2. The van der Waals surface area contributed by atoms with E-state index in [-0.39, 0.29) is 25.2 Å². The van der Waals surface area contributed by atoms with Gasteiger partial charge in [0, 0.05) is 0 Å². The molecule has 5 aliphatic rings. The van der Waals surface area contributed by atoms with Gasteiger partial charge >= 0.3 is 12.1 Å². The van der Waals surface area contributed by atoms with Crippen LogP contribution in [0, 0.1) is 23.2 Å². The summed E-state index contributed by atoms with van der Waals surface area (Å²) in [5.41, 5.74) is 0.195. The average Bonchev–Trinajstić information content (AvgIpc) is 3.01. The topological polar surface area (TPSA) is 74.2 Å². The molecule has 4 bridgehead atoms. The lowest BCUT2D eigenvalue weighted by Gasteiger charge is -2.56. The third-order valence-electron chi connectivity index (χ3n) is 6.43. The highest BCUT2D eigenvalue weighted by atomic mass is 19.3. The van der Waals surface area contributed by atoms with Gasteiger partial charge in [-0.05, 0) is 61.7 Å². The number of rotatable bonds is 8. The van der Waals surface area contributed by atoms with Crippen LogP contribution >= 0.6 is 0 Å². The quantitative estimate of drug-likeness (QED) is 0.702. The van der Waals surface area contributed by atoms with Gasteiger partial charge in [-0.2, -0.15) is 8.78 Å². The van der Waals surface area contributed by atoms with E-state index in [0.717, 1.165) is 17.8 Å². The van der Waals surface area contributed by atoms with Crippen molar-refractivity contribution in [3.8, 4) is 0 Å². The molecule has 0 aromatic carbocycles. The van der Waals surface area contributed by atoms with Gasteiger partial charge in [-0.25, -0.2) is 4.79 Å². The van der Waals surface area contributed by atoms with E-state index in [0.29, 0.717) is 6.61 Å². The molecule has 8 heteroatoms. The van der Waals surface area contributed by atoms with Gasteiger partial charge < -0.3 is 24.1 Å². The van der Waals surface area contributed by atoms with Crippen LogP contribution in [0.15, 0.2) is 0 Å². The lowest BCUT2D eigenvalue weighted by molar-refractivity contribution is -0.296. The van der Waals surface area contributed by atoms with Gasteiger partial charge in [0.25, 0.3) is 0 Å². The molecule has 1 heterocycles. The van der Waals surface area contributed by atoms with Gasteiger partial charge in [0.2, 0.25) is 5.79 Å². The number of hydrogen-bond acceptors (Lipinski definition) is 5. The van der Waals surface area contributed by atoms with Crippen molar-refractivity contribution in [2.24, 2.45) is 23.2 Å². The Kier molecular flexibility index (Phi) is 4.74. The van der Waals surface area contributed by atoms with Crippen molar-refractivity contribution in [2.75, 3.05) is 33.0 Å². The number of alkyl halides is 2. The predicted octanol–water partition coefficient (Wildman–Crippen LogP) is 2.66. The minimum absolute atomic E-state index is 0.0373. The molecule has 6 nitrogen and oxygen atoms in total. The summed E-state index contributed by atoms with van der Waals surface area (Å²) in [6.45, 7) is 0.323. The maximum atomic E-state index is 13.2. The van der Waals surface area contributed by atoms with E-state index in [2.05, 4.69) is 4.74 Å². The Labute approximate surface area is 151 Å². The fourth-order valence-electron chi connectivity index (χ4n) is 5.86. The highest BCUT2D eigenvalue weighted by Crippen LogP contribution is 2.60. The second kappa shape index (κ2) is 6.65. The van der Waals surface area contributed by atoms with Crippen LogP contribution < -0.4 is 0 Å². The zero-order valence-corrected chi connectivity index (χ0v) is 14.8. The maximum Gasteiger partial charge on any atom is 0.456 e. The zero-order chi connectivity index (χ0) is 18.4. The Morgan fingerprint density at radius 2 is 1.54 bits per heavy atom. The van der Waals surface area contributed by atoms with Crippen LogP contribution in [0.4, 0.5) is 8.78 Å². The number of hydrogen-bond donors (Lipinski definition) is 1. The Balaban J connectivity index is 1.32. The smallest absolute Gasteiger partial charge is 0.456 e. The second-order valence-electron chi connectivity index (χ2n) is 8.63. The van der Waals surface area contributed by atoms with E-state index < -0.39 is 24.5 Å². The molecule has 4 aliphatic carbocycles. The van der Waals surface area contributed by atoms with Crippen molar-refractivity contribution in [3.05, 3.63) is 0 Å². The Morgan fingerprint density at radius 1 is 1.00 bits per heavy atom. The standard InChI is InChI=1S/C18H26F2O6/c19-18(20,15(21)22)26-11-17(24-1-2-25-17)10-23-9-16-6-12-3-13(7-16)5-14(4-12)8-16/h12-14H,1-11H2,(H,21,22). The first-order chi connectivity index (χ1) is 12.3. The highest BCUT2D eigenvalue weighted by Gasteiger charge is 2.52. The molecule has 0 atom stereocenters. The fourth-order valence-corrected chi connectivity index (χ4v) is 5.86. The molecule has 0 aromatic rings. The van der Waals surface area contributed by atoms with Gasteiger partial charge in [-0.3, -0.25) is 0 Å². The minimum Gasteiger partial charge on any atom is -0.475 e. The monoisotopic (exact) mass is 376 g/mol. The fraction of sp³-hybridized carbons (Fsp3) is 0.944. The van der Waals surface area contributed by atoms with Crippen LogP contribution in [0.2, 0.25) is 0 Å². The first-order valence-electron chi connectivity index (χ1n) is 9.41. The number of carboxylic acid groups (broad SMARTS) is 1.